The van der Waals surface area contributed by atoms with Crippen LogP contribution in [0.15, 0.2) is 17.0 Å². The number of carbonyl (C=O) groups excluding carboxylic acids is 1. The molecule has 112 valence electrons. The largest absolute Gasteiger partial charge is 0.290 e. The van der Waals surface area contributed by atoms with Crippen LogP contribution in [0.3, 0.4) is 0 Å². The van der Waals surface area contributed by atoms with E-state index in [9.17, 15) is 13.2 Å². The minimum absolute atomic E-state index is 0.0245. The Morgan fingerprint density at radius 3 is 2.25 bits per heavy atom. The maximum absolute atomic E-state index is 12.4. The van der Waals surface area contributed by atoms with Crippen molar-refractivity contribution in [3.8, 4) is 0 Å². The van der Waals surface area contributed by atoms with Gasteiger partial charge in [0.1, 0.15) is 4.90 Å². The molecule has 0 bridgehead atoms. The number of carbonyl (C=O) groups is 1. The number of hydrogen-bond acceptors (Lipinski definition) is 4. The topological polar surface area (TPSA) is 92.5 Å². The smallest absolute Gasteiger partial charge is 0.266 e. The van der Waals surface area contributed by atoms with E-state index in [0.29, 0.717) is 0 Å². The van der Waals surface area contributed by atoms with Crippen LogP contribution in [0.1, 0.15) is 24.2 Å². The van der Waals surface area contributed by atoms with Gasteiger partial charge in [-0.25, -0.2) is 14.3 Å². The summed E-state index contributed by atoms with van der Waals surface area (Å²) in [4.78, 5) is 11.4. The van der Waals surface area contributed by atoms with Crippen molar-refractivity contribution in [1.82, 2.24) is 9.73 Å². The van der Waals surface area contributed by atoms with E-state index in [1.165, 1.54) is 10.4 Å². The summed E-state index contributed by atoms with van der Waals surface area (Å²) in [6, 6.07) is 2.34. The van der Waals surface area contributed by atoms with Gasteiger partial charge in [0, 0.05) is 13.1 Å². The predicted octanol–water partition coefficient (Wildman–Crippen LogP) is 1.63. The molecule has 0 unspecified atom stereocenters. The minimum Gasteiger partial charge on any atom is -0.290 e. The Labute approximate surface area is 127 Å². The lowest BCUT2D eigenvalue weighted by Gasteiger charge is -2.19. The van der Waals surface area contributed by atoms with Crippen LogP contribution >= 0.6 is 23.2 Å². The summed E-state index contributed by atoms with van der Waals surface area (Å²) >= 11 is 11.8. The van der Waals surface area contributed by atoms with Gasteiger partial charge in [0.2, 0.25) is 10.0 Å². The summed E-state index contributed by atoms with van der Waals surface area (Å²) in [5, 5.41) is -0.0214. The van der Waals surface area contributed by atoms with Gasteiger partial charge in [0.05, 0.1) is 15.6 Å². The van der Waals surface area contributed by atoms with Gasteiger partial charge in [-0.15, -0.1) is 0 Å². The molecule has 1 rings (SSSR count). The second kappa shape index (κ2) is 6.73. The van der Waals surface area contributed by atoms with Crippen LogP contribution in [0, 0.1) is 0 Å². The highest BCUT2D eigenvalue weighted by Gasteiger charge is 2.26. The van der Waals surface area contributed by atoms with E-state index in [0.717, 1.165) is 6.07 Å². The number of nitrogens with two attached hydrogens (primary N) is 1. The van der Waals surface area contributed by atoms with Gasteiger partial charge in [-0.3, -0.25) is 10.2 Å². The summed E-state index contributed by atoms with van der Waals surface area (Å²) in [6.07, 6.45) is 0. The molecule has 1 aromatic rings. The van der Waals surface area contributed by atoms with Gasteiger partial charge >= 0.3 is 0 Å². The van der Waals surface area contributed by atoms with Crippen molar-refractivity contribution in [2.45, 2.75) is 18.7 Å². The molecular formula is C11H15Cl2N3O3S. The van der Waals surface area contributed by atoms with Crippen LogP contribution < -0.4 is 11.3 Å². The number of nitrogens with zero attached hydrogens (tertiary/aromatic N) is 1. The molecule has 1 amide bonds. The summed E-state index contributed by atoms with van der Waals surface area (Å²) in [6.45, 7) is 3.99. The van der Waals surface area contributed by atoms with E-state index in [1.54, 1.807) is 13.8 Å². The van der Waals surface area contributed by atoms with E-state index < -0.39 is 15.9 Å². The maximum Gasteiger partial charge on any atom is 0.266 e. The zero-order valence-electron chi connectivity index (χ0n) is 11.0. The molecule has 0 radical (unpaired) electrons. The van der Waals surface area contributed by atoms with Gasteiger partial charge < -0.3 is 0 Å². The van der Waals surface area contributed by atoms with Crippen LogP contribution in [0.25, 0.3) is 0 Å². The first-order valence-corrected chi connectivity index (χ1v) is 7.99. The third-order valence-corrected chi connectivity index (χ3v) is 5.55. The van der Waals surface area contributed by atoms with Crippen molar-refractivity contribution in [2.24, 2.45) is 5.84 Å². The monoisotopic (exact) mass is 339 g/mol. The van der Waals surface area contributed by atoms with E-state index in [2.05, 4.69) is 0 Å². The van der Waals surface area contributed by atoms with Crippen LogP contribution in [-0.4, -0.2) is 31.7 Å². The molecule has 0 saturated heterocycles. The fraction of sp³-hybridized carbons (Fsp3) is 0.364. The zero-order chi connectivity index (χ0) is 15.5. The van der Waals surface area contributed by atoms with E-state index >= 15 is 0 Å². The van der Waals surface area contributed by atoms with Crippen molar-refractivity contribution in [1.29, 1.82) is 0 Å². The molecule has 0 aliphatic carbocycles. The van der Waals surface area contributed by atoms with Gasteiger partial charge in [0.25, 0.3) is 5.91 Å². The average Bonchev–Trinajstić information content (AvgIpc) is 2.38. The van der Waals surface area contributed by atoms with Crippen molar-refractivity contribution < 1.29 is 13.2 Å². The first kappa shape index (κ1) is 17.2. The van der Waals surface area contributed by atoms with Crippen LogP contribution in [0.2, 0.25) is 10.0 Å². The van der Waals surface area contributed by atoms with Gasteiger partial charge in [-0.2, -0.15) is 4.31 Å². The summed E-state index contributed by atoms with van der Waals surface area (Å²) < 4.78 is 26.1. The van der Waals surface area contributed by atoms with Gasteiger partial charge in [-0.1, -0.05) is 37.0 Å². The Morgan fingerprint density at radius 1 is 1.25 bits per heavy atom. The molecule has 3 N–H and O–H groups in total. The van der Waals surface area contributed by atoms with Gasteiger partial charge in [-0.05, 0) is 12.1 Å². The standard InChI is InChI=1S/C11H15Cl2N3O3S/c1-3-16(4-2)20(18,19)10-5-7(11(17)15-14)8(12)6-9(10)13/h5-6H,3-4,14H2,1-2H3,(H,15,17). The molecule has 0 fully saturated rings. The summed E-state index contributed by atoms with van der Waals surface area (Å²) in [5.74, 6) is 4.34. The molecule has 0 aliphatic heterocycles. The van der Waals surface area contributed by atoms with Crippen molar-refractivity contribution in [2.75, 3.05) is 13.1 Å². The molecule has 6 nitrogen and oxygen atoms in total. The molecule has 0 aromatic heterocycles. The lowest BCUT2D eigenvalue weighted by molar-refractivity contribution is 0.0953. The Balaban J connectivity index is 3.50. The van der Waals surface area contributed by atoms with Crippen molar-refractivity contribution >= 4 is 39.1 Å². The summed E-state index contributed by atoms with van der Waals surface area (Å²) in [7, 11) is -3.79. The molecule has 0 saturated carbocycles. The Kier molecular flexibility index (Phi) is 5.79. The van der Waals surface area contributed by atoms with Crippen molar-refractivity contribution in [3.63, 3.8) is 0 Å². The highest BCUT2D eigenvalue weighted by molar-refractivity contribution is 7.89. The molecule has 9 heteroatoms. The second-order valence-electron chi connectivity index (χ2n) is 3.83. The number of nitrogen functional groups attached to an aromatic ring is 1. The predicted molar refractivity (Wildman–Crippen MR) is 78.2 cm³/mol. The Morgan fingerprint density at radius 2 is 1.80 bits per heavy atom. The number of hydrazine groups is 1. The minimum atomic E-state index is -3.79. The number of amides is 1. The Hall–Kier alpha value is -0.860. The number of nitrogens with one attached hydrogen (secondary N) is 1. The average molecular weight is 340 g/mol. The quantitative estimate of drug-likeness (QED) is 0.484. The number of hydrogen-bond donors (Lipinski definition) is 2. The normalized spacial score (nSPS) is 11.7. The molecule has 0 spiro atoms. The SMILES string of the molecule is CCN(CC)S(=O)(=O)c1cc(C(=O)NN)c(Cl)cc1Cl. The molecule has 20 heavy (non-hydrogen) atoms. The molecule has 1 aromatic carbocycles. The van der Waals surface area contributed by atoms with E-state index in [1.807, 2.05) is 5.43 Å². The highest BCUT2D eigenvalue weighted by Crippen LogP contribution is 2.30. The third-order valence-electron chi connectivity index (χ3n) is 2.72. The number of rotatable bonds is 5. The van der Waals surface area contributed by atoms with Crippen molar-refractivity contribution in [3.05, 3.63) is 27.7 Å². The maximum atomic E-state index is 12.4. The first-order chi connectivity index (χ1) is 9.29. The Bertz CT molecular complexity index is 616. The first-order valence-electron chi connectivity index (χ1n) is 5.79. The number of sulfonamides is 1. The van der Waals surface area contributed by atoms with Gasteiger partial charge in [0.15, 0.2) is 0 Å². The van der Waals surface area contributed by atoms with E-state index in [-0.39, 0.29) is 33.6 Å². The molecule has 0 heterocycles. The number of benzene rings is 1. The molecular weight excluding hydrogens is 325 g/mol. The highest BCUT2D eigenvalue weighted by atomic mass is 35.5. The number of halogens is 2. The fourth-order valence-electron chi connectivity index (χ4n) is 1.68. The van der Waals surface area contributed by atoms with E-state index in [4.69, 9.17) is 29.0 Å². The molecule has 0 aliphatic rings. The zero-order valence-corrected chi connectivity index (χ0v) is 13.3. The molecule has 0 atom stereocenters. The van der Waals surface area contributed by atoms with Crippen LogP contribution in [-0.2, 0) is 10.0 Å². The summed E-state index contributed by atoms with van der Waals surface area (Å²) in [5.41, 5.74) is 1.85. The fourth-order valence-corrected chi connectivity index (χ4v) is 3.97. The van der Waals surface area contributed by atoms with Crippen LogP contribution in [0.4, 0.5) is 0 Å². The third kappa shape index (κ3) is 3.24. The van der Waals surface area contributed by atoms with Crippen LogP contribution in [0.5, 0.6) is 0 Å². The lowest BCUT2D eigenvalue weighted by Crippen LogP contribution is -2.32. The second-order valence-corrected chi connectivity index (χ2v) is 6.55. The lowest BCUT2D eigenvalue weighted by atomic mass is 10.2.